The first-order chi connectivity index (χ1) is 8.72. The number of pyridine rings is 1. The first kappa shape index (κ1) is 13.3. The van der Waals surface area contributed by atoms with Crippen molar-refractivity contribution in [2.75, 3.05) is 24.5 Å². The zero-order chi connectivity index (χ0) is 13.0. The normalized spacial score (nSPS) is 24.3. The van der Waals surface area contributed by atoms with Gasteiger partial charge in [0.15, 0.2) is 0 Å². The summed E-state index contributed by atoms with van der Waals surface area (Å²) in [6.45, 7) is 10.2. The van der Waals surface area contributed by atoms with Gasteiger partial charge in [0.05, 0.1) is 11.9 Å². The minimum atomic E-state index is 0.679. The second-order valence-corrected chi connectivity index (χ2v) is 5.43. The smallest absolute Gasteiger partial charge is 0.0582 e. The Morgan fingerprint density at radius 2 is 2.33 bits per heavy atom. The predicted octanol–water partition coefficient (Wildman–Crippen LogP) is 2.60. The molecule has 0 bridgehead atoms. The molecule has 0 saturated carbocycles. The summed E-state index contributed by atoms with van der Waals surface area (Å²) in [6, 6.07) is 2.78. The van der Waals surface area contributed by atoms with Crippen LogP contribution >= 0.6 is 0 Å². The Hall–Kier alpha value is -1.09. The molecule has 1 fully saturated rings. The molecule has 2 heterocycles. The third kappa shape index (κ3) is 3.02. The minimum absolute atomic E-state index is 0.679. The quantitative estimate of drug-likeness (QED) is 0.886. The largest absolute Gasteiger partial charge is 0.370 e. The molecule has 0 spiro atoms. The summed E-state index contributed by atoms with van der Waals surface area (Å²) in [7, 11) is 0. The van der Waals surface area contributed by atoms with Gasteiger partial charge in [-0.2, -0.15) is 0 Å². The van der Waals surface area contributed by atoms with Gasteiger partial charge >= 0.3 is 0 Å². The Morgan fingerprint density at radius 1 is 1.50 bits per heavy atom. The lowest BCUT2D eigenvalue weighted by Gasteiger charge is -2.39. The van der Waals surface area contributed by atoms with Crippen molar-refractivity contribution >= 4 is 5.69 Å². The molecule has 18 heavy (non-hydrogen) atoms. The molecule has 1 aliphatic rings. The lowest BCUT2D eigenvalue weighted by Crippen LogP contribution is -2.48. The fraction of sp³-hybridized carbons (Fsp3) is 0.667. The Bertz CT molecular complexity index is 378. The number of aromatic nitrogens is 1. The molecule has 3 heteroatoms. The molecular formula is C15H25N3. The number of hydrogen-bond acceptors (Lipinski definition) is 3. The van der Waals surface area contributed by atoms with E-state index in [0.29, 0.717) is 12.0 Å². The van der Waals surface area contributed by atoms with Crippen LogP contribution < -0.4 is 10.2 Å². The van der Waals surface area contributed by atoms with Gasteiger partial charge in [-0.25, -0.2) is 0 Å². The van der Waals surface area contributed by atoms with Crippen molar-refractivity contribution in [3.63, 3.8) is 0 Å². The van der Waals surface area contributed by atoms with Gasteiger partial charge in [-0.1, -0.05) is 13.8 Å². The van der Waals surface area contributed by atoms with Crippen LogP contribution in [0.3, 0.4) is 0 Å². The summed E-state index contributed by atoms with van der Waals surface area (Å²) in [5, 5.41) is 3.67. The number of nitrogens with zero attached hydrogens (tertiary/aromatic N) is 2. The van der Waals surface area contributed by atoms with E-state index in [4.69, 9.17) is 0 Å². The van der Waals surface area contributed by atoms with Crippen molar-refractivity contribution < 1.29 is 0 Å². The average Bonchev–Trinajstić information content (AvgIpc) is 2.38. The lowest BCUT2D eigenvalue weighted by atomic mass is 9.93. The van der Waals surface area contributed by atoms with Crippen LogP contribution in [0.15, 0.2) is 18.5 Å². The highest BCUT2D eigenvalue weighted by Crippen LogP contribution is 2.25. The summed E-state index contributed by atoms with van der Waals surface area (Å²) in [5.74, 6) is 0.699. The zero-order valence-electron chi connectivity index (χ0n) is 11.8. The highest BCUT2D eigenvalue weighted by Gasteiger charge is 2.26. The molecule has 1 saturated heterocycles. The van der Waals surface area contributed by atoms with Crippen LogP contribution in [0.25, 0.3) is 0 Å². The van der Waals surface area contributed by atoms with Crippen molar-refractivity contribution in [2.45, 2.75) is 39.7 Å². The number of rotatable bonds is 4. The van der Waals surface area contributed by atoms with E-state index in [2.05, 4.69) is 42.0 Å². The summed E-state index contributed by atoms with van der Waals surface area (Å²) in [4.78, 5) is 6.74. The van der Waals surface area contributed by atoms with E-state index in [1.165, 1.54) is 24.1 Å². The van der Waals surface area contributed by atoms with E-state index >= 15 is 0 Å². The van der Waals surface area contributed by atoms with E-state index in [9.17, 15) is 0 Å². The SMILES string of the molecule is CCCNC1CCN(c2cnccc2C)CC1C. The summed E-state index contributed by atoms with van der Waals surface area (Å²) >= 11 is 0. The molecule has 1 aliphatic heterocycles. The van der Waals surface area contributed by atoms with Crippen LogP contribution in [-0.4, -0.2) is 30.7 Å². The van der Waals surface area contributed by atoms with Gasteiger partial charge in [-0.3, -0.25) is 4.98 Å². The van der Waals surface area contributed by atoms with E-state index in [0.717, 1.165) is 19.6 Å². The molecule has 2 atom stereocenters. The Kier molecular flexibility index (Phi) is 4.59. The molecule has 0 amide bonds. The highest BCUT2D eigenvalue weighted by atomic mass is 15.2. The standard InChI is InChI=1S/C15H25N3/c1-4-7-17-14-6-9-18(11-13(14)3)15-10-16-8-5-12(15)2/h5,8,10,13-14,17H,4,6-7,9,11H2,1-3H3. The van der Waals surface area contributed by atoms with Crippen molar-refractivity contribution in [1.82, 2.24) is 10.3 Å². The Labute approximate surface area is 111 Å². The third-order valence-electron chi connectivity index (χ3n) is 3.91. The molecule has 0 aliphatic carbocycles. The first-order valence-corrected chi connectivity index (χ1v) is 7.11. The molecule has 1 aromatic heterocycles. The molecule has 2 unspecified atom stereocenters. The maximum absolute atomic E-state index is 4.26. The summed E-state index contributed by atoms with van der Waals surface area (Å²) in [6.07, 6.45) is 6.32. The molecule has 1 aromatic rings. The first-order valence-electron chi connectivity index (χ1n) is 7.11. The summed E-state index contributed by atoms with van der Waals surface area (Å²) in [5.41, 5.74) is 2.63. The number of aryl methyl sites for hydroxylation is 1. The van der Waals surface area contributed by atoms with E-state index in [1.54, 1.807) is 0 Å². The van der Waals surface area contributed by atoms with Gasteiger partial charge in [0.2, 0.25) is 0 Å². The molecular weight excluding hydrogens is 222 g/mol. The number of nitrogens with one attached hydrogen (secondary N) is 1. The number of anilines is 1. The molecule has 3 nitrogen and oxygen atoms in total. The van der Waals surface area contributed by atoms with Crippen molar-refractivity contribution in [2.24, 2.45) is 5.92 Å². The number of piperidine rings is 1. The second kappa shape index (κ2) is 6.19. The monoisotopic (exact) mass is 247 g/mol. The Balaban J connectivity index is 1.98. The van der Waals surface area contributed by atoms with E-state index in [-0.39, 0.29) is 0 Å². The Morgan fingerprint density at radius 3 is 3.00 bits per heavy atom. The lowest BCUT2D eigenvalue weighted by molar-refractivity contribution is 0.322. The summed E-state index contributed by atoms with van der Waals surface area (Å²) < 4.78 is 0. The average molecular weight is 247 g/mol. The van der Waals surface area contributed by atoms with E-state index in [1.807, 2.05) is 12.4 Å². The fourth-order valence-electron chi connectivity index (χ4n) is 2.78. The van der Waals surface area contributed by atoms with Gasteiger partial charge in [-0.15, -0.1) is 0 Å². The topological polar surface area (TPSA) is 28.2 Å². The molecule has 0 aromatic carbocycles. The van der Waals surface area contributed by atoms with Gasteiger partial charge in [0, 0.05) is 25.3 Å². The van der Waals surface area contributed by atoms with Crippen LogP contribution in [0.4, 0.5) is 5.69 Å². The van der Waals surface area contributed by atoms with Crippen LogP contribution in [0.2, 0.25) is 0 Å². The van der Waals surface area contributed by atoms with Gasteiger partial charge in [-0.05, 0) is 43.9 Å². The molecule has 2 rings (SSSR count). The van der Waals surface area contributed by atoms with Crippen molar-refractivity contribution in [1.29, 1.82) is 0 Å². The van der Waals surface area contributed by atoms with Crippen LogP contribution in [0.5, 0.6) is 0 Å². The number of hydrogen-bond donors (Lipinski definition) is 1. The molecule has 100 valence electrons. The van der Waals surface area contributed by atoms with Gasteiger partial charge in [0.25, 0.3) is 0 Å². The van der Waals surface area contributed by atoms with Crippen LogP contribution in [0.1, 0.15) is 32.3 Å². The fourth-order valence-corrected chi connectivity index (χ4v) is 2.78. The van der Waals surface area contributed by atoms with E-state index < -0.39 is 0 Å². The minimum Gasteiger partial charge on any atom is -0.370 e. The maximum Gasteiger partial charge on any atom is 0.0582 e. The third-order valence-corrected chi connectivity index (χ3v) is 3.91. The molecule has 0 radical (unpaired) electrons. The molecule has 1 N–H and O–H groups in total. The zero-order valence-corrected chi connectivity index (χ0v) is 11.8. The highest BCUT2D eigenvalue weighted by molar-refractivity contribution is 5.51. The predicted molar refractivity (Wildman–Crippen MR) is 77.0 cm³/mol. The second-order valence-electron chi connectivity index (χ2n) is 5.43. The van der Waals surface area contributed by atoms with Crippen LogP contribution in [0, 0.1) is 12.8 Å². The van der Waals surface area contributed by atoms with Crippen LogP contribution in [-0.2, 0) is 0 Å². The van der Waals surface area contributed by atoms with Gasteiger partial charge < -0.3 is 10.2 Å². The van der Waals surface area contributed by atoms with Gasteiger partial charge in [0.1, 0.15) is 0 Å². The van der Waals surface area contributed by atoms with Crippen molar-refractivity contribution in [3.8, 4) is 0 Å². The van der Waals surface area contributed by atoms with Crippen molar-refractivity contribution in [3.05, 3.63) is 24.0 Å². The maximum atomic E-state index is 4.26.